The van der Waals surface area contributed by atoms with Crippen LogP contribution in [0.25, 0.3) is 0 Å². The maximum atomic E-state index is 12.5. The van der Waals surface area contributed by atoms with Gasteiger partial charge < -0.3 is 0 Å². The van der Waals surface area contributed by atoms with Gasteiger partial charge in [-0.05, 0) is 42.6 Å². The van der Waals surface area contributed by atoms with Gasteiger partial charge in [-0.2, -0.15) is 0 Å². The monoisotopic (exact) mass is 302 g/mol. The molecule has 0 N–H and O–H groups in total. The zero-order valence-corrected chi connectivity index (χ0v) is 15.7. The summed E-state index contributed by atoms with van der Waals surface area (Å²) in [7, 11) is 0. The van der Waals surface area contributed by atoms with Crippen molar-refractivity contribution in [3.8, 4) is 11.8 Å². The van der Waals surface area contributed by atoms with E-state index in [1.54, 1.807) is 0 Å². The highest BCUT2D eigenvalue weighted by Gasteiger charge is 2.31. The Morgan fingerprint density at radius 3 is 2.27 bits per heavy atom. The van der Waals surface area contributed by atoms with Crippen LogP contribution in [0.3, 0.4) is 0 Å². The Morgan fingerprint density at radius 1 is 1.18 bits per heavy atom. The molecule has 0 radical (unpaired) electrons. The Bertz CT molecular complexity index is 471. The fraction of sp³-hybridized carbons (Fsp3) is 0.762. The molecule has 1 nitrogen and oxygen atoms in total. The van der Waals surface area contributed by atoms with E-state index in [1.165, 1.54) is 18.4 Å². The summed E-state index contributed by atoms with van der Waals surface area (Å²) in [5, 5.41) is 0. The third-order valence-electron chi connectivity index (χ3n) is 4.92. The second-order valence-electron chi connectivity index (χ2n) is 8.88. The first-order chi connectivity index (χ1) is 10.0. The van der Waals surface area contributed by atoms with Crippen LogP contribution < -0.4 is 0 Å². The minimum absolute atomic E-state index is 0.148. The van der Waals surface area contributed by atoms with E-state index in [1.807, 2.05) is 20.8 Å². The summed E-state index contributed by atoms with van der Waals surface area (Å²) < 4.78 is 0. The lowest BCUT2D eigenvalue weighted by Crippen LogP contribution is -2.30. The van der Waals surface area contributed by atoms with Crippen LogP contribution in [0, 0.1) is 34.5 Å². The molecule has 1 heteroatoms. The van der Waals surface area contributed by atoms with Gasteiger partial charge in [0.05, 0.1) is 0 Å². The number of carbonyl (C=O) groups is 1. The fourth-order valence-corrected chi connectivity index (χ4v) is 2.60. The molecular formula is C21H34O. The zero-order valence-electron chi connectivity index (χ0n) is 15.7. The molecule has 0 bridgehead atoms. The van der Waals surface area contributed by atoms with Crippen LogP contribution in [-0.2, 0) is 4.79 Å². The lowest BCUT2D eigenvalue weighted by atomic mass is 9.71. The summed E-state index contributed by atoms with van der Waals surface area (Å²) in [4.78, 5) is 12.5. The molecule has 0 aliphatic heterocycles. The molecule has 124 valence electrons. The third-order valence-corrected chi connectivity index (χ3v) is 4.92. The molecule has 0 unspecified atom stereocenters. The molecule has 1 rings (SSSR count). The predicted octanol–water partition coefficient (Wildman–Crippen LogP) is 5.79. The Hall–Kier alpha value is -1.03. The second kappa shape index (κ2) is 7.49. The van der Waals surface area contributed by atoms with E-state index >= 15 is 0 Å². The molecule has 0 saturated carbocycles. The lowest BCUT2D eigenvalue weighted by molar-refractivity contribution is -0.127. The van der Waals surface area contributed by atoms with Crippen LogP contribution in [-0.4, -0.2) is 5.78 Å². The van der Waals surface area contributed by atoms with Crippen molar-refractivity contribution >= 4 is 5.78 Å². The van der Waals surface area contributed by atoms with Crippen LogP contribution in [0.5, 0.6) is 0 Å². The van der Waals surface area contributed by atoms with E-state index < -0.39 is 0 Å². The molecule has 0 aromatic rings. The van der Waals surface area contributed by atoms with E-state index in [2.05, 4.69) is 45.6 Å². The number of hydrogen-bond donors (Lipinski definition) is 0. The standard InChI is InChI=1S/C21H34O/c1-16(20(2,3)4)18(15-19(22)21(5,6)7)14-13-17-11-9-8-10-12-17/h11,16,18H,8-10,12,15H2,1-7H3/t16-,18+/m0/s1. The molecule has 0 amide bonds. The minimum Gasteiger partial charge on any atom is -0.299 e. The minimum atomic E-state index is -0.276. The Morgan fingerprint density at radius 2 is 1.82 bits per heavy atom. The fourth-order valence-electron chi connectivity index (χ4n) is 2.60. The Balaban J connectivity index is 2.94. The first kappa shape index (κ1) is 19.0. The maximum Gasteiger partial charge on any atom is 0.139 e. The maximum absolute atomic E-state index is 12.5. The van der Waals surface area contributed by atoms with Crippen LogP contribution >= 0.6 is 0 Å². The molecule has 0 aromatic carbocycles. The van der Waals surface area contributed by atoms with Gasteiger partial charge in [0.15, 0.2) is 0 Å². The molecule has 0 fully saturated rings. The third kappa shape index (κ3) is 5.99. The van der Waals surface area contributed by atoms with Crippen molar-refractivity contribution < 1.29 is 4.79 Å². The summed E-state index contributed by atoms with van der Waals surface area (Å²) in [5.41, 5.74) is 1.17. The second-order valence-corrected chi connectivity index (χ2v) is 8.88. The summed E-state index contributed by atoms with van der Waals surface area (Å²) in [6.07, 6.45) is 7.65. The first-order valence-electron chi connectivity index (χ1n) is 8.75. The highest BCUT2D eigenvalue weighted by atomic mass is 16.1. The largest absolute Gasteiger partial charge is 0.299 e. The smallest absolute Gasteiger partial charge is 0.139 e. The van der Waals surface area contributed by atoms with Gasteiger partial charge >= 0.3 is 0 Å². The molecule has 1 aliphatic rings. The highest BCUT2D eigenvalue weighted by Crippen LogP contribution is 2.35. The molecule has 22 heavy (non-hydrogen) atoms. The van der Waals surface area contributed by atoms with Crippen molar-refractivity contribution in [1.29, 1.82) is 0 Å². The van der Waals surface area contributed by atoms with Gasteiger partial charge in [-0.1, -0.05) is 66.4 Å². The first-order valence-corrected chi connectivity index (χ1v) is 8.75. The highest BCUT2D eigenvalue weighted by molar-refractivity contribution is 5.84. The van der Waals surface area contributed by atoms with Gasteiger partial charge in [0.1, 0.15) is 5.78 Å². The van der Waals surface area contributed by atoms with Crippen LogP contribution in [0.1, 0.15) is 80.6 Å². The van der Waals surface area contributed by atoms with E-state index in [9.17, 15) is 4.79 Å². The zero-order chi connectivity index (χ0) is 17.0. The van der Waals surface area contributed by atoms with Crippen molar-refractivity contribution in [2.24, 2.45) is 22.7 Å². The molecule has 1 aliphatic carbocycles. The van der Waals surface area contributed by atoms with Crippen molar-refractivity contribution in [1.82, 2.24) is 0 Å². The average Bonchev–Trinajstić information content (AvgIpc) is 2.41. The molecule has 0 spiro atoms. The number of Topliss-reactive ketones (excluding diaryl/α,β-unsaturated/α-hetero) is 1. The quantitative estimate of drug-likeness (QED) is 0.603. The molecular weight excluding hydrogens is 268 g/mol. The van der Waals surface area contributed by atoms with Crippen molar-refractivity contribution in [2.75, 3.05) is 0 Å². The van der Waals surface area contributed by atoms with Gasteiger partial charge in [0, 0.05) is 17.8 Å². The number of carbonyl (C=O) groups excluding carboxylic acids is 1. The number of allylic oxidation sites excluding steroid dienone is 2. The summed E-state index contributed by atoms with van der Waals surface area (Å²) in [6, 6.07) is 0. The summed E-state index contributed by atoms with van der Waals surface area (Å²) in [5.74, 6) is 7.72. The van der Waals surface area contributed by atoms with Crippen molar-refractivity contribution in [3.63, 3.8) is 0 Å². The average molecular weight is 303 g/mol. The van der Waals surface area contributed by atoms with Gasteiger partial charge in [0.2, 0.25) is 0 Å². The predicted molar refractivity (Wildman–Crippen MR) is 95.5 cm³/mol. The van der Waals surface area contributed by atoms with E-state index in [0.29, 0.717) is 18.1 Å². The normalized spacial score (nSPS) is 18.8. The van der Waals surface area contributed by atoms with Crippen LogP contribution in [0.15, 0.2) is 11.6 Å². The van der Waals surface area contributed by atoms with Crippen LogP contribution in [0.4, 0.5) is 0 Å². The SMILES string of the molecule is C[C@@H]([C@H](C#CC1=CCCCC1)CC(=O)C(C)(C)C)C(C)(C)C. The van der Waals surface area contributed by atoms with Gasteiger partial charge in [-0.25, -0.2) is 0 Å². The van der Waals surface area contributed by atoms with Crippen molar-refractivity contribution in [3.05, 3.63) is 11.6 Å². The summed E-state index contributed by atoms with van der Waals surface area (Å²) >= 11 is 0. The van der Waals surface area contributed by atoms with Gasteiger partial charge in [-0.3, -0.25) is 4.79 Å². The Kier molecular flexibility index (Phi) is 6.48. The number of hydrogen-bond acceptors (Lipinski definition) is 1. The van der Waals surface area contributed by atoms with Crippen LogP contribution in [0.2, 0.25) is 0 Å². The molecule has 0 heterocycles. The molecule has 0 aromatic heterocycles. The van der Waals surface area contributed by atoms with Gasteiger partial charge in [-0.15, -0.1) is 0 Å². The molecule has 2 atom stereocenters. The van der Waals surface area contributed by atoms with Crippen molar-refractivity contribution in [2.45, 2.75) is 80.6 Å². The van der Waals surface area contributed by atoms with Gasteiger partial charge in [0.25, 0.3) is 0 Å². The number of ketones is 1. The van der Waals surface area contributed by atoms with E-state index in [0.717, 1.165) is 12.8 Å². The summed E-state index contributed by atoms with van der Waals surface area (Å²) in [6.45, 7) is 15.0. The van der Waals surface area contributed by atoms with E-state index in [-0.39, 0.29) is 16.7 Å². The topological polar surface area (TPSA) is 17.1 Å². The lowest BCUT2D eigenvalue weighted by Gasteiger charge is -2.32. The molecule has 0 saturated heterocycles. The number of rotatable bonds is 3. The van der Waals surface area contributed by atoms with E-state index in [4.69, 9.17) is 0 Å². The Labute approximate surface area is 138 Å².